The van der Waals surface area contributed by atoms with Gasteiger partial charge < -0.3 is 9.84 Å². The van der Waals surface area contributed by atoms with Gasteiger partial charge in [0.1, 0.15) is 5.75 Å². The van der Waals surface area contributed by atoms with E-state index in [1.165, 1.54) is 0 Å². The number of hydrogen-bond donors (Lipinski definition) is 1. The van der Waals surface area contributed by atoms with E-state index < -0.39 is 5.97 Å². The minimum Gasteiger partial charge on any atom is -0.490 e. The summed E-state index contributed by atoms with van der Waals surface area (Å²) in [4.78, 5) is 15.9. The molecule has 2 rings (SSSR count). The van der Waals surface area contributed by atoms with Gasteiger partial charge in [-0.15, -0.1) is 0 Å². The lowest BCUT2D eigenvalue weighted by atomic mass is 10.1. The van der Waals surface area contributed by atoms with E-state index in [0.717, 1.165) is 23.4 Å². The fraction of sp³-hybridized carbons (Fsp3) is 0.333. The standard InChI is InChI=1S/C18H21NO3/c1-4-7-15-14(18(20)21)10-11-16(19-15)13-8-5-6-9-17(13)22-12(2)3/h5-6,8-12H,4,7H2,1-3H3,(H,20,21). The average Bonchev–Trinajstić information content (AvgIpc) is 2.47. The van der Waals surface area contributed by atoms with Gasteiger partial charge in [0.25, 0.3) is 0 Å². The zero-order valence-corrected chi connectivity index (χ0v) is 13.2. The molecule has 0 unspecified atom stereocenters. The van der Waals surface area contributed by atoms with Crippen LogP contribution in [0.3, 0.4) is 0 Å². The topological polar surface area (TPSA) is 59.4 Å². The summed E-state index contributed by atoms with van der Waals surface area (Å²) in [5.74, 6) is -0.176. The Labute approximate surface area is 130 Å². The average molecular weight is 299 g/mol. The Bertz CT molecular complexity index is 665. The third-order valence-electron chi connectivity index (χ3n) is 3.22. The van der Waals surface area contributed by atoms with E-state index in [4.69, 9.17) is 4.74 Å². The van der Waals surface area contributed by atoms with Crippen LogP contribution in [0, 0.1) is 0 Å². The van der Waals surface area contributed by atoms with Gasteiger partial charge in [0.2, 0.25) is 0 Å². The number of para-hydroxylation sites is 1. The number of carboxylic acid groups (broad SMARTS) is 1. The van der Waals surface area contributed by atoms with Crippen molar-refractivity contribution in [3.8, 4) is 17.0 Å². The second-order valence-electron chi connectivity index (χ2n) is 5.41. The summed E-state index contributed by atoms with van der Waals surface area (Å²) < 4.78 is 5.82. The molecule has 4 nitrogen and oxygen atoms in total. The van der Waals surface area contributed by atoms with Gasteiger partial charge in [0.05, 0.1) is 23.1 Å². The Balaban J connectivity index is 2.49. The molecule has 0 amide bonds. The summed E-state index contributed by atoms with van der Waals surface area (Å²) in [5, 5.41) is 9.26. The molecule has 0 radical (unpaired) electrons. The number of pyridine rings is 1. The zero-order chi connectivity index (χ0) is 16.1. The summed E-state index contributed by atoms with van der Waals surface area (Å²) in [6, 6.07) is 11.1. The van der Waals surface area contributed by atoms with Gasteiger partial charge in [0, 0.05) is 5.56 Å². The molecule has 1 aromatic carbocycles. The number of aryl methyl sites for hydroxylation is 1. The quantitative estimate of drug-likeness (QED) is 0.869. The fourth-order valence-corrected chi connectivity index (χ4v) is 2.31. The van der Waals surface area contributed by atoms with E-state index in [2.05, 4.69) is 4.98 Å². The van der Waals surface area contributed by atoms with E-state index in [1.54, 1.807) is 12.1 Å². The van der Waals surface area contributed by atoms with Gasteiger partial charge in [-0.3, -0.25) is 4.98 Å². The molecule has 2 aromatic rings. The molecule has 0 spiro atoms. The van der Waals surface area contributed by atoms with Crippen LogP contribution in [0.2, 0.25) is 0 Å². The summed E-state index contributed by atoms with van der Waals surface area (Å²) in [6.07, 6.45) is 1.55. The molecule has 1 heterocycles. The first-order valence-electron chi connectivity index (χ1n) is 7.52. The first kappa shape index (κ1) is 16.0. The highest BCUT2D eigenvalue weighted by Crippen LogP contribution is 2.30. The summed E-state index contributed by atoms with van der Waals surface area (Å²) in [7, 11) is 0. The number of aromatic carboxylic acids is 1. The Morgan fingerprint density at radius 3 is 2.59 bits per heavy atom. The first-order chi connectivity index (χ1) is 10.5. The third kappa shape index (κ3) is 3.64. The Morgan fingerprint density at radius 1 is 1.23 bits per heavy atom. The maximum Gasteiger partial charge on any atom is 0.337 e. The highest BCUT2D eigenvalue weighted by atomic mass is 16.5. The molecule has 0 aliphatic carbocycles. The molecular weight excluding hydrogens is 278 g/mol. The molecule has 0 aliphatic heterocycles. The van der Waals surface area contributed by atoms with Crippen molar-refractivity contribution in [2.45, 2.75) is 39.7 Å². The number of benzene rings is 1. The van der Waals surface area contributed by atoms with Crippen molar-refractivity contribution in [2.24, 2.45) is 0 Å². The maximum atomic E-state index is 11.3. The molecular formula is C18H21NO3. The zero-order valence-electron chi connectivity index (χ0n) is 13.2. The van der Waals surface area contributed by atoms with Crippen molar-refractivity contribution in [2.75, 3.05) is 0 Å². The Morgan fingerprint density at radius 2 is 1.95 bits per heavy atom. The number of carboxylic acids is 1. The van der Waals surface area contributed by atoms with Crippen LogP contribution in [0.1, 0.15) is 43.2 Å². The number of carbonyl (C=O) groups is 1. The highest BCUT2D eigenvalue weighted by molar-refractivity contribution is 5.89. The summed E-state index contributed by atoms with van der Waals surface area (Å²) in [6.45, 7) is 5.95. The fourth-order valence-electron chi connectivity index (χ4n) is 2.31. The van der Waals surface area contributed by atoms with Crippen molar-refractivity contribution >= 4 is 5.97 Å². The Hall–Kier alpha value is -2.36. The maximum absolute atomic E-state index is 11.3. The Kier molecular flexibility index (Phi) is 5.15. The van der Waals surface area contributed by atoms with Gasteiger partial charge in [-0.2, -0.15) is 0 Å². The van der Waals surface area contributed by atoms with Crippen molar-refractivity contribution in [1.82, 2.24) is 4.98 Å². The molecule has 0 aliphatic rings. The first-order valence-corrected chi connectivity index (χ1v) is 7.52. The van der Waals surface area contributed by atoms with Crippen molar-refractivity contribution in [1.29, 1.82) is 0 Å². The lowest BCUT2D eigenvalue weighted by Crippen LogP contribution is -2.08. The number of hydrogen-bond acceptors (Lipinski definition) is 3. The number of ether oxygens (including phenoxy) is 1. The molecule has 0 saturated heterocycles. The van der Waals surface area contributed by atoms with Crippen LogP contribution in [-0.2, 0) is 6.42 Å². The molecule has 0 bridgehead atoms. The lowest BCUT2D eigenvalue weighted by molar-refractivity contribution is 0.0695. The monoisotopic (exact) mass is 299 g/mol. The molecule has 0 atom stereocenters. The van der Waals surface area contributed by atoms with Crippen LogP contribution in [0.15, 0.2) is 36.4 Å². The molecule has 1 aromatic heterocycles. The second-order valence-corrected chi connectivity index (χ2v) is 5.41. The minimum absolute atomic E-state index is 0.0644. The molecule has 0 saturated carbocycles. The molecule has 1 N–H and O–H groups in total. The SMILES string of the molecule is CCCc1nc(-c2ccccc2OC(C)C)ccc1C(=O)O. The number of rotatable bonds is 6. The van der Waals surface area contributed by atoms with Crippen LogP contribution < -0.4 is 4.74 Å². The summed E-state index contributed by atoms with van der Waals surface area (Å²) >= 11 is 0. The van der Waals surface area contributed by atoms with Crippen molar-refractivity contribution < 1.29 is 14.6 Å². The van der Waals surface area contributed by atoms with E-state index in [-0.39, 0.29) is 11.7 Å². The van der Waals surface area contributed by atoms with Gasteiger partial charge in [-0.25, -0.2) is 4.79 Å². The molecule has 22 heavy (non-hydrogen) atoms. The molecule has 0 fully saturated rings. The normalized spacial score (nSPS) is 10.7. The van der Waals surface area contributed by atoms with Crippen LogP contribution in [0.4, 0.5) is 0 Å². The smallest absolute Gasteiger partial charge is 0.337 e. The van der Waals surface area contributed by atoms with Crippen molar-refractivity contribution in [3.05, 3.63) is 47.7 Å². The second kappa shape index (κ2) is 7.07. The van der Waals surface area contributed by atoms with E-state index >= 15 is 0 Å². The predicted molar refractivity (Wildman–Crippen MR) is 86.4 cm³/mol. The van der Waals surface area contributed by atoms with Gasteiger partial charge in [-0.1, -0.05) is 25.5 Å². The van der Waals surface area contributed by atoms with Gasteiger partial charge in [-0.05, 0) is 44.5 Å². The lowest BCUT2D eigenvalue weighted by Gasteiger charge is -2.15. The van der Waals surface area contributed by atoms with Crippen LogP contribution in [0.5, 0.6) is 5.75 Å². The van der Waals surface area contributed by atoms with Crippen molar-refractivity contribution in [3.63, 3.8) is 0 Å². The summed E-state index contributed by atoms with van der Waals surface area (Å²) in [5.41, 5.74) is 2.51. The largest absolute Gasteiger partial charge is 0.490 e. The van der Waals surface area contributed by atoms with Crippen LogP contribution in [0.25, 0.3) is 11.3 Å². The number of nitrogens with zero attached hydrogens (tertiary/aromatic N) is 1. The molecule has 4 heteroatoms. The van der Waals surface area contributed by atoms with Crippen LogP contribution in [-0.4, -0.2) is 22.2 Å². The number of aromatic nitrogens is 1. The third-order valence-corrected chi connectivity index (χ3v) is 3.22. The van der Waals surface area contributed by atoms with E-state index in [1.807, 2.05) is 45.0 Å². The molecule has 116 valence electrons. The highest BCUT2D eigenvalue weighted by Gasteiger charge is 2.14. The van der Waals surface area contributed by atoms with E-state index in [9.17, 15) is 9.90 Å². The van der Waals surface area contributed by atoms with Crippen LogP contribution >= 0.6 is 0 Å². The predicted octanol–water partition coefficient (Wildman–Crippen LogP) is 4.19. The van der Waals surface area contributed by atoms with E-state index in [0.29, 0.717) is 12.1 Å². The minimum atomic E-state index is -0.936. The van der Waals surface area contributed by atoms with Gasteiger partial charge >= 0.3 is 5.97 Å². The van der Waals surface area contributed by atoms with Gasteiger partial charge in [0.15, 0.2) is 0 Å².